The molecule has 0 amide bonds. The molecule has 4 rings (SSSR count). The fourth-order valence-electron chi connectivity index (χ4n) is 4.13. The largest absolute Gasteiger partial charge is 0.506 e. The third kappa shape index (κ3) is 3.04. The summed E-state index contributed by atoms with van der Waals surface area (Å²) in [6, 6.07) is 1.43. The molecule has 7 nitrogen and oxygen atoms in total. The lowest BCUT2D eigenvalue weighted by Crippen LogP contribution is -2.46. The highest BCUT2D eigenvalue weighted by Gasteiger charge is 2.31. The monoisotopic (exact) mass is 391 g/mol. The maximum atomic E-state index is 12.7. The lowest BCUT2D eigenvalue weighted by Gasteiger charge is -2.37. The maximum Gasteiger partial charge on any atom is 0.341 e. The van der Waals surface area contributed by atoms with E-state index in [1.54, 1.807) is 4.57 Å². The van der Waals surface area contributed by atoms with Gasteiger partial charge < -0.3 is 25.4 Å². The Kier molecular flexibility index (Phi) is 4.31. The summed E-state index contributed by atoms with van der Waals surface area (Å²) in [7, 11) is 0. The van der Waals surface area contributed by atoms with Crippen molar-refractivity contribution in [3.05, 3.63) is 33.1 Å². The van der Waals surface area contributed by atoms with Gasteiger partial charge in [-0.2, -0.15) is 0 Å². The number of hydrogen-bond donors (Lipinski definition) is 3. The van der Waals surface area contributed by atoms with Crippen molar-refractivity contribution in [2.75, 3.05) is 18.0 Å². The van der Waals surface area contributed by atoms with Crippen molar-refractivity contribution in [3.8, 4) is 5.75 Å². The van der Waals surface area contributed by atoms with Gasteiger partial charge in [0.1, 0.15) is 17.0 Å². The molecule has 2 aromatic rings. The van der Waals surface area contributed by atoms with Crippen LogP contribution in [0, 0.1) is 5.92 Å². The second kappa shape index (κ2) is 6.42. The number of carboxylic acids is 1. The minimum atomic E-state index is -1.29. The van der Waals surface area contributed by atoms with E-state index in [1.165, 1.54) is 12.3 Å². The molecule has 8 heteroatoms. The highest BCUT2D eigenvalue weighted by Crippen LogP contribution is 2.45. The van der Waals surface area contributed by atoms with Crippen LogP contribution >= 0.6 is 11.6 Å². The van der Waals surface area contributed by atoms with Crippen LogP contribution in [-0.2, 0) is 0 Å². The van der Waals surface area contributed by atoms with Crippen molar-refractivity contribution >= 4 is 34.2 Å². The summed E-state index contributed by atoms with van der Waals surface area (Å²) in [4.78, 5) is 26.1. The van der Waals surface area contributed by atoms with Crippen molar-refractivity contribution in [3.63, 3.8) is 0 Å². The number of fused-ring (bicyclic) bond motifs is 1. The Morgan fingerprint density at radius 1 is 1.33 bits per heavy atom. The molecule has 2 atom stereocenters. The van der Waals surface area contributed by atoms with Gasteiger partial charge in [-0.25, -0.2) is 4.79 Å². The van der Waals surface area contributed by atoms with Gasteiger partial charge in [-0.3, -0.25) is 4.79 Å². The molecule has 1 aromatic carbocycles. The Labute approximate surface area is 160 Å². The minimum absolute atomic E-state index is 0.0278. The summed E-state index contributed by atoms with van der Waals surface area (Å²) in [6.45, 7) is 3.36. The third-order valence-corrected chi connectivity index (χ3v) is 5.75. The number of piperidine rings is 1. The first-order valence-electron chi connectivity index (χ1n) is 9.12. The number of carbonyl (C=O) groups is 1. The second-order valence-corrected chi connectivity index (χ2v) is 8.15. The molecule has 1 aromatic heterocycles. The smallest absolute Gasteiger partial charge is 0.341 e. The second-order valence-electron chi connectivity index (χ2n) is 7.78. The van der Waals surface area contributed by atoms with Crippen LogP contribution in [0.1, 0.15) is 42.6 Å². The van der Waals surface area contributed by atoms with E-state index in [4.69, 9.17) is 17.3 Å². The Bertz CT molecular complexity index is 989. The van der Waals surface area contributed by atoms with E-state index in [9.17, 15) is 19.8 Å². The molecular weight excluding hydrogens is 370 g/mol. The van der Waals surface area contributed by atoms with Crippen molar-refractivity contribution in [1.29, 1.82) is 0 Å². The first-order valence-corrected chi connectivity index (χ1v) is 9.49. The van der Waals surface area contributed by atoms with Crippen LogP contribution in [0.25, 0.3) is 10.9 Å². The summed E-state index contributed by atoms with van der Waals surface area (Å²) < 4.78 is 1.78. The van der Waals surface area contributed by atoms with Crippen molar-refractivity contribution in [2.45, 2.75) is 38.3 Å². The molecule has 1 aliphatic carbocycles. The van der Waals surface area contributed by atoms with Crippen molar-refractivity contribution < 1.29 is 15.0 Å². The van der Waals surface area contributed by atoms with Crippen LogP contribution < -0.4 is 16.1 Å². The number of rotatable bonds is 3. The number of phenolic OH excluding ortho intramolecular Hbond substituents is 1. The molecular formula is C19H22ClN3O4. The summed E-state index contributed by atoms with van der Waals surface area (Å²) in [5.74, 6) is -1.07. The molecule has 27 heavy (non-hydrogen) atoms. The fraction of sp³-hybridized carbons (Fsp3) is 0.474. The van der Waals surface area contributed by atoms with Gasteiger partial charge in [0.25, 0.3) is 0 Å². The normalized spacial score (nSPS) is 23.0. The van der Waals surface area contributed by atoms with Crippen molar-refractivity contribution in [1.82, 2.24) is 4.57 Å². The topological polar surface area (TPSA) is 109 Å². The molecule has 0 bridgehead atoms. The minimum Gasteiger partial charge on any atom is -0.506 e. The molecule has 4 N–H and O–H groups in total. The van der Waals surface area contributed by atoms with Crippen LogP contribution in [0.4, 0.5) is 5.69 Å². The average molecular weight is 392 g/mol. The predicted octanol–water partition coefficient (Wildman–Crippen LogP) is 2.57. The van der Waals surface area contributed by atoms with Gasteiger partial charge in [-0.15, -0.1) is 0 Å². The highest BCUT2D eigenvalue weighted by atomic mass is 35.5. The molecule has 0 radical (unpaired) electrons. The lowest BCUT2D eigenvalue weighted by molar-refractivity contribution is 0.0695. The predicted molar refractivity (Wildman–Crippen MR) is 104 cm³/mol. The Balaban J connectivity index is 1.98. The van der Waals surface area contributed by atoms with E-state index < -0.39 is 11.4 Å². The number of carboxylic acid groups (broad SMARTS) is 1. The zero-order valence-corrected chi connectivity index (χ0v) is 15.7. The van der Waals surface area contributed by atoms with E-state index in [2.05, 4.69) is 6.92 Å². The number of benzene rings is 1. The van der Waals surface area contributed by atoms with Crippen LogP contribution in [0.5, 0.6) is 5.75 Å². The van der Waals surface area contributed by atoms with Gasteiger partial charge >= 0.3 is 5.97 Å². The number of aromatic nitrogens is 1. The summed E-state index contributed by atoms with van der Waals surface area (Å²) in [6.07, 6.45) is 4.07. The number of aromatic hydroxyl groups is 1. The fourth-order valence-corrected chi connectivity index (χ4v) is 4.54. The van der Waals surface area contributed by atoms with Gasteiger partial charge in [0.15, 0.2) is 0 Å². The van der Waals surface area contributed by atoms with Crippen LogP contribution in [-0.4, -0.2) is 39.9 Å². The Morgan fingerprint density at radius 2 is 2.04 bits per heavy atom. The van der Waals surface area contributed by atoms with Crippen LogP contribution in [0.15, 0.2) is 17.1 Å². The number of halogens is 1. The standard InChI is InChI=1S/C19H22ClN3O4/c1-9-4-10(21)7-22(6-9)17-14(24)5-12-16(15(17)20)23(11-2-3-11)8-13(18(12)25)19(26)27/h5,8-11,24H,2-4,6-7,21H2,1H3,(H,26,27)/t9-,10-/m0/s1. The molecule has 2 fully saturated rings. The molecule has 0 unspecified atom stereocenters. The SMILES string of the molecule is C[C@H]1C[C@H](N)CN(c2c(O)cc3c(=O)c(C(=O)O)cn(C4CC4)c3c2Cl)C1. The molecule has 2 aliphatic rings. The van der Waals surface area contributed by atoms with Gasteiger partial charge in [0.2, 0.25) is 5.43 Å². The summed E-state index contributed by atoms with van der Waals surface area (Å²) in [5.41, 5.74) is 6.13. The number of pyridine rings is 1. The van der Waals surface area contributed by atoms with E-state index in [-0.39, 0.29) is 33.8 Å². The first kappa shape index (κ1) is 18.1. The third-order valence-electron chi connectivity index (χ3n) is 5.39. The first-order chi connectivity index (χ1) is 12.8. The molecule has 1 saturated carbocycles. The zero-order valence-electron chi connectivity index (χ0n) is 15.0. The quantitative estimate of drug-likeness (QED) is 0.742. The summed E-state index contributed by atoms with van der Waals surface area (Å²) in [5, 5.41) is 20.4. The van der Waals surface area contributed by atoms with Gasteiger partial charge in [-0.05, 0) is 31.2 Å². The Morgan fingerprint density at radius 3 is 2.63 bits per heavy atom. The number of hydrogen-bond acceptors (Lipinski definition) is 5. The maximum absolute atomic E-state index is 12.7. The number of anilines is 1. The van der Waals surface area contributed by atoms with Crippen LogP contribution in [0.3, 0.4) is 0 Å². The van der Waals surface area contributed by atoms with E-state index in [1.807, 2.05) is 4.90 Å². The highest BCUT2D eigenvalue weighted by molar-refractivity contribution is 6.38. The van der Waals surface area contributed by atoms with Gasteiger partial charge in [0.05, 0.1) is 15.9 Å². The average Bonchev–Trinajstić information content (AvgIpc) is 3.39. The molecule has 2 heterocycles. The molecule has 0 spiro atoms. The van der Waals surface area contributed by atoms with Crippen molar-refractivity contribution in [2.24, 2.45) is 11.7 Å². The number of nitrogens with two attached hydrogens (primary N) is 1. The zero-order chi connectivity index (χ0) is 19.5. The van der Waals surface area contributed by atoms with Crippen LogP contribution in [0.2, 0.25) is 5.02 Å². The van der Waals surface area contributed by atoms with Gasteiger partial charge in [0, 0.05) is 31.4 Å². The number of phenols is 1. The Hall–Kier alpha value is -2.25. The number of nitrogens with zero attached hydrogens (tertiary/aromatic N) is 2. The van der Waals surface area contributed by atoms with E-state index in [0.29, 0.717) is 30.2 Å². The van der Waals surface area contributed by atoms with Gasteiger partial charge in [-0.1, -0.05) is 18.5 Å². The van der Waals surface area contributed by atoms with E-state index >= 15 is 0 Å². The number of aromatic carboxylic acids is 1. The molecule has 1 saturated heterocycles. The van der Waals surface area contributed by atoms with E-state index in [0.717, 1.165) is 19.3 Å². The molecule has 144 valence electrons. The lowest BCUT2D eigenvalue weighted by atomic mass is 9.95. The molecule has 1 aliphatic heterocycles. The summed E-state index contributed by atoms with van der Waals surface area (Å²) >= 11 is 6.71.